The van der Waals surface area contributed by atoms with E-state index in [4.69, 9.17) is 4.74 Å². The molecule has 0 spiro atoms. The number of benzene rings is 1. The van der Waals surface area contributed by atoms with Gasteiger partial charge in [-0.25, -0.2) is 9.78 Å². The number of likely N-dealkylation sites (N-methyl/N-ethyl adjacent to an activating group) is 1. The van der Waals surface area contributed by atoms with Gasteiger partial charge >= 0.3 is 5.69 Å². The molecule has 0 aliphatic carbocycles. The van der Waals surface area contributed by atoms with E-state index in [2.05, 4.69) is 20.3 Å². The fourth-order valence-electron chi connectivity index (χ4n) is 3.08. The van der Waals surface area contributed by atoms with Gasteiger partial charge in [0, 0.05) is 32.1 Å². The van der Waals surface area contributed by atoms with Crippen LogP contribution in [0.25, 0.3) is 11.2 Å². The number of nitrogens with one attached hydrogen (secondary N) is 3. The molecular formula is C20H24N6O5. The number of ether oxygens (including phenoxy) is 1. The van der Waals surface area contributed by atoms with Gasteiger partial charge in [-0.15, -0.1) is 0 Å². The van der Waals surface area contributed by atoms with Crippen molar-refractivity contribution in [1.29, 1.82) is 0 Å². The van der Waals surface area contributed by atoms with Crippen LogP contribution in [0.2, 0.25) is 0 Å². The molecule has 31 heavy (non-hydrogen) atoms. The van der Waals surface area contributed by atoms with Crippen LogP contribution in [-0.4, -0.2) is 56.4 Å². The zero-order chi connectivity index (χ0) is 22.5. The number of rotatable bonds is 8. The molecule has 0 saturated carbocycles. The molecule has 0 bridgehead atoms. The second-order valence-corrected chi connectivity index (χ2v) is 6.88. The molecule has 0 radical (unpaired) electrons. The predicted molar refractivity (Wildman–Crippen MR) is 114 cm³/mol. The van der Waals surface area contributed by atoms with E-state index in [0.717, 1.165) is 0 Å². The molecule has 2 heterocycles. The van der Waals surface area contributed by atoms with E-state index in [1.54, 1.807) is 38.3 Å². The van der Waals surface area contributed by atoms with Crippen LogP contribution in [0.15, 0.2) is 33.9 Å². The molecule has 0 aliphatic heterocycles. The van der Waals surface area contributed by atoms with E-state index in [-0.39, 0.29) is 42.4 Å². The maximum atomic E-state index is 12.6. The van der Waals surface area contributed by atoms with Crippen molar-refractivity contribution in [2.24, 2.45) is 7.05 Å². The number of nitrogens with zero attached hydrogens (tertiary/aromatic N) is 3. The minimum atomic E-state index is -0.563. The summed E-state index contributed by atoms with van der Waals surface area (Å²) in [6, 6.07) is 6.88. The fourth-order valence-corrected chi connectivity index (χ4v) is 3.08. The number of aromatic amines is 2. The topological polar surface area (TPSA) is 142 Å². The largest absolute Gasteiger partial charge is 0.497 e. The molecule has 0 atom stereocenters. The number of imidazole rings is 1. The lowest BCUT2D eigenvalue weighted by Crippen LogP contribution is -2.38. The second-order valence-electron chi connectivity index (χ2n) is 6.88. The number of hydrogen-bond acceptors (Lipinski definition) is 6. The summed E-state index contributed by atoms with van der Waals surface area (Å²) >= 11 is 0. The van der Waals surface area contributed by atoms with Crippen molar-refractivity contribution in [2.45, 2.75) is 19.8 Å². The molecule has 0 aliphatic rings. The van der Waals surface area contributed by atoms with Crippen LogP contribution in [0, 0.1) is 0 Å². The van der Waals surface area contributed by atoms with E-state index >= 15 is 0 Å². The van der Waals surface area contributed by atoms with Gasteiger partial charge in [-0.05, 0) is 31.2 Å². The van der Waals surface area contributed by atoms with E-state index in [1.807, 2.05) is 0 Å². The summed E-state index contributed by atoms with van der Waals surface area (Å²) < 4.78 is 6.30. The first-order valence-electron chi connectivity index (χ1n) is 9.72. The van der Waals surface area contributed by atoms with Crippen molar-refractivity contribution in [3.05, 3.63) is 50.9 Å². The zero-order valence-corrected chi connectivity index (χ0v) is 17.5. The lowest BCUT2D eigenvalue weighted by molar-refractivity contribution is -0.134. The monoisotopic (exact) mass is 428 g/mol. The molecule has 3 N–H and O–H groups in total. The Kier molecular flexibility index (Phi) is 6.53. The number of amides is 2. The van der Waals surface area contributed by atoms with Gasteiger partial charge in [0.25, 0.3) is 5.56 Å². The quantitative estimate of drug-likeness (QED) is 0.473. The fraction of sp³-hybridized carbons (Fsp3) is 0.350. The first kappa shape index (κ1) is 21.8. The summed E-state index contributed by atoms with van der Waals surface area (Å²) in [4.78, 5) is 59.2. The summed E-state index contributed by atoms with van der Waals surface area (Å²) in [5, 5.41) is 2.74. The van der Waals surface area contributed by atoms with Crippen molar-refractivity contribution < 1.29 is 14.3 Å². The highest BCUT2D eigenvalue weighted by atomic mass is 16.5. The molecule has 2 aromatic heterocycles. The lowest BCUT2D eigenvalue weighted by Gasteiger charge is -2.20. The first-order chi connectivity index (χ1) is 14.8. The van der Waals surface area contributed by atoms with E-state index in [1.165, 1.54) is 16.5 Å². The Morgan fingerprint density at radius 3 is 2.55 bits per heavy atom. The van der Waals surface area contributed by atoms with Crippen LogP contribution in [0.1, 0.15) is 19.2 Å². The molecule has 3 rings (SSSR count). The molecule has 1 aromatic carbocycles. The van der Waals surface area contributed by atoms with Gasteiger partial charge in [-0.2, -0.15) is 0 Å². The van der Waals surface area contributed by atoms with Gasteiger partial charge in [-0.1, -0.05) is 0 Å². The molecule has 164 valence electrons. The number of aryl methyl sites for hydroxylation is 2. The highest BCUT2D eigenvalue weighted by Gasteiger charge is 2.17. The number of carbonyl (C=O) groups excluding carboxylic acids is 2. The summed E-state index contributed by atoms with van der Waals surface area (Å²) in [7, 11) is 3.05. The highest BCUT2D eigenvalue weighted by molar-refractivity contribution is 5.94. The molecule has 2 amide bonds. The Bertz CT molecular complexity index is 1210. The van der Waals surface area contributed by atoms with E-state index in [9.17, 15) is 19.2 Å². The van der Waals surface area contributed by atoms with Crippen LogP contribution in [0.3, 0.4) is 0 Å². The average molecular weight is 428 g/mol. The zero-order valence-electron chi connectivity index (χ0n) is 17.5. The molecule has 3 aromatic rings. The normalized spacial score (nSPS) is 10.8. The predicted octanol–water partition coefficient (Wildman–Crippen LogP) is 0.378. The molecule has 0 fully saturated rings. The Hall–Kier alpha value is -3.89. The maximum Gasteiger partial charge on any atom is 0.329 e. The number of hydrogen-bond donors (Lipinski definition) is 3. The minimum absolute atomic E-state index is 0.0876. The van der Waals surface area contributed by atoms with Crippen LogP contribution in [-0.2, 0) is 23.1 Å². The van der Waals surface area contributed by atoms with Crippen LogP contribution in [0.4, 0.5) is 5.69 Å². The number of fused-ring (bicyclic) bond motifs is 1. The van der Waals surface area contributed by atoms with Gasteiger partial charge in [0.15, 0.2) is 5.65 Å². The summed E-state index contributed by atoms with van der Waals surface area (Å²) in [6.07, 6.45) is 0.326. The van der Waals surface area contributed by atoms with Gasteiger partial charge in [-0.3, -0.25) is 23.9 Å². The third-order valence-corrected chi connectivity index (χ3v) is 4.82. The minimum Gasteiger partial charge on any atom is -0.497 e. The van der Waals surface area contributed by atoms with Gasteiger partial charge in [0.2, 0.25) is 11.8 Å². The van der Waals surface area contributed by atoms with Crippen molar-refractivity contribution >= 4 is 28.7 Å². The molecule has 0 saturated heterocycles. The van der Waals surface area contributed by atoms with Crippen molar-refractivity contribution in [3.63, 3.8) is 0 Å². The Morgan fingerprint density at radius 2 is 1.90 bits per heavy atom. The molecular weight excluding hydrogens is 404 g/mol. The van der Waals surface area contributed by atoms with E-state index < -0.39 is 11.2 Å². The van der Waals surface area contributed by atoms with Crippen LogP contribution >= 0.6 is 0 Å². The third kappa shape index (κ3) is 5.00. The highest BCUT2D eigenvalue weighted by Crippen LogP contribution is 2.15. The number of anilines is 1. The number of carbonyl (C=O) groups is 2. The van der Waals surface area contributed by atoms with Crippen LogP contribution in [0.5, 0.6) is 5.75 Å². The molecule has 0 unspecified atom stereocenters. The van der Waals surface area contributed by atoms with Crippen molar-refractivity contribution in [1.82, 2.24) is 24.4 Å². The number of methoxy groups -OCH3 is 1. The van der Waals surface area contributed by atoms with Crippen molar-refractivity contribution in [3.8, 4) is 5.75 Å². The van der Waals surface area contributed by atoms with E-state index in [0.29, 0.717) is 23.8 Å². The third-order valence-electron chi connectivity index (χ3n) is 4.82. The SMILES string of the molecule is CCN(CC(=O)Nc1ccc(OC)cc1)C(=O)CCc1nc2c([nH]1)c(=O)[nH]c(=O)n2C. The molecule has 11 nitrogen and oxygen atoms in total. The van der Waals surface area contributed by atoms with Crippen molar-refractivity contribution in [2.75, 3.05) is 25.5 Å². The van der Waals surface area contributed by atoms with Gasteiger partial charge < -0.3 is 19.9 Å². The van der Waals surface area contributed by atoms with Crippen LogP contribution < -0.4 is 21.3 Å². The Labute approximate surface area is 177 Å². The maximum absolute atomic E-state index is 12.6. The average Bonchev–Trinajstić information content (AvgIpc) is 3.20. The number of aromatic nitrogens is 4. The first-order valence-corrected chi connectivity index (χ1v) is 9.72. The second kappa shape index (κ2) is 9.28. The lowest BCUT2D eigenvalue weighted by atomic mass is 10.2. The van der Waals surface area contributed by atoms with Gasteiger partial charge in [0.1, 0.15) is 17.1 Å². The molecule has 11 heteroatoms. The summed E-state index contributed by atoms with van der Waals surface area (Å²) in [5.41, 5.74) is -0.120. The standard InChI is InChI=1S/C20H24N6O5/c1-4-26(11-15(27)21-12-5-7-13(31-3)8-6-12)16(28)10-9-14-22-17-18(23-14)25(2)20(30)24-19(17)29/h5-8H,4,9-11H2,1-3H3,(H,21,27)(H,22,23)(H,24,29,30). The van der Waals surface area contributed by atoms with Gasteiger partial charge in [0.05, 0.1) is 13.7 Å². The Morgan fingerprint density at radius 1 is 1.19 bits per heavy atom. The smallest absolute Gasteiger partial charge is 0.329 e. The Balaban J connectivity index is 1.60. The summed E-state index contributed by atoms with van der Waals surface area (Å²) in [5.74, 6) is 0.547. The summed E-state index contributed by atoms with van der Waals surface area (Å²) in [6.45, 7) is 2.06. The number of H-pyrrole nitrogens is 2.